The fourth-order valence-corrected chi connectivity index (χ4v) is 3.23. The summed E-state index contributed by atoms with van der Waals surface area (Å²) in [6, 6.07) is 2.20. The second-order valence-corrected chi connectivity index (χ2v) is 7.41. The Morgan fingerprint density at radius 1 is 1.36 bits per heavy atom. The van der Waals surface area contributed by atoms with Crippen LogP contribution in [0.25, 0.3) is 0 Å². The number of amides is 2. The fourth-order valence-electron chi connectivity index (χ4n) is 2.23. The minimum absolute atomic E-state index is 0.256. The summed E-state index contributed by atoms with van der Waals surface area (Å²) >= 11 is 1.44. The van der Waals surface area contributed by atoms with E-state index in [4.69, 9.17) is 0 Å². The Morgan fingerprint density at radius 2 is 2.00 bits per heavy atom. The first kappa shape index (κ1) is 18.5. The summed E-state index contributed by atoms with van der Waals surface area (Å²) in [5.74, 6) is 0.574. The van der Waals surface area contributed by atoms with Gasteiger partial charge in [-0.05, 0) is 45.8 Å². The summed E-state index contributed by atoms with van der Waals surface area (Å²) < 4.78 is 0. The molecule has 0 aromatic carbocycles. The van der Waals surface area contributed by atoms with Gasteiger partial charge >= 0.3 is 6.03 Å². The Balaban J connectivity index is 2.63. The number of likely N-dealkylation sites (N-methyl/N-ethyl adjacent to an activating group) is 1. The molecule has 0 radical (unpaired) electrons. The van der Waals surface area contributed by atoms with E-state index in [1.807, 2.05) is 27.9 Å². The molecule has 1 aromatic heterocycles. The average Bonchev–Trinajstić information content (AvgIpc) is 2.68. The molecule has 22 heavy (non-hydrogen) atoms. The van der Waals surface area contributed by atoms with Gasteiger partial charge in [0.25, 0.3) is 0 Å². The maximum Gasteiger partial charge on any atom is 0.319 e. The van der Waals surface area contributed by atoms with Gasteiger partial charge in [0.05, 0.1) is 5.56 Å². The number of thiophene rings is 1. The Bertz CT molecular complexity index is 557. The third kappa shape index (κ3) is 5.00. The number of hydrogen-bond acceptors (Lipinski definition) is 4. The van der Waals surface area contributed by atoms with Crippen molar-refractivity contribution >= 4 is 22.4 Å². The minimum atomic E-state index is -0.256. The van der Waals surface area contributed by atoms with Crippen molar-refractivity contribution < 1.29 is 4.79 Å². The van der Waals surface area contributed by atoms with E-state index in [1.165, 1.54) is 11.3 Å². The molecule has 0 unspecified atom stereocenters. The van der Waals surface area contributed by atoms with Gasteiger partial charge in [0, 0.05) is 17.5 Å². The van der Waals surface area contributed by atoms with Crippen LogP contribution in [0, 0.1) is 31.1 Å². The Labute approximate surface area is 137 Å². The monoisotopic (exact) mass is 322 g/mol. The largest absolute Gasteiger partial charge is 0.336 e. The van der Waals surface area contributed by atoms with Crippen LogP contribution in [0.2, 0.25) is 0 Å². The van der Waals surface area contributed by atoms with Crippen molar-refractivity contribution in [2.75, 3.05) is 26.0 Å². The smallest absolute Gasteiger partial charge is 0.319 e. The molecule has 0 spiro atoms. The van der Waals surface area contributed by atoms with Crippen molar-refractivity contribution in [1.29, 1.82) is 5.26 Å². The van der Waals surface area contributed by atoms with Crippen molar-refractivity contribution in [1.82, 2.24) is 10.2 Å². The highest BCUT2D eigenvalue weighted by molar-refractivity contribution is 7.16. The van der Waals surface area contributed by atoms with E-state index in [-0.39, 0.29) is 6.03 Å². The van der Waals surface area contributed by atoms with Gasteiger partial charge in [0.1, 0.15) is 11.1 Å². The van der Waals surface area contributed by atoms with Crippen LogP contribution < -0.4 is 10.6 Å². The lowest BCUT2D eigenvalue weighted by Gasteiger charge is -2.26. The number of carbonyl (C=O) groups is 1. The second kappa shape index (κ2) is 8.16. The van der Waals surface area contributed by atoms with Crippen molar-refractivity contribution in [3.63, 3.8) is 0 Å². The highest BCUT2D eigenvalue weighted by Gasteiger charge is 2.17. The molecule has 0 aliphatic carbocycles. The quantitative estimate of drug-likeness (QED) is 0.844. The molecule has 1 aromatic rings. The van der Waals surface area contributed by atoms with Crippen LogP contribution in [0.15, 0.2) is 0 Å². The molecular formula is C16H26N4OS. The number of nitriles is 1. The summed E-state index contributed by atoms with van der Waals surface area (Å²) in [7, 11) is 4.04. The molecule has 0 aliphatic rings. The van der Waals surface area contributed by atoms with Crippen LogP contribution in [0.4, 0.5) is 9.80 Å². The molecule has 0 aliphatic heterocycles. The fraction of sp³-hybridized carbons (Fsp3) is 0.625. The number of nitrogens with zero attached hydrogens (tertiary/aromatic N) is 2. The van der Waals surface area contributed by atoms with Crippen molar-refractivity contribution in [2.24, 2.45) is 5.92 Å². The van der Waals surface area contributed by atoms with Crippen molar-refractivity contribution in [3.05, 3.63) is 16.0 Å². The van der Waals surface area contributed by atoms with Gasteiger partial charge in [-0.1, -0.05) is 13.8 Å². The van der Waals surface area contributed by atoms with Crippen LogP contribution in [-0.4, -0.2) is 37.6 Å². The SMILES string of the molecule is Cc1sc(NC(=O)NC[C@H](CC(C)C)N(C)C)c(C#N)c1C. The molecular weight excluding hydrogens is 296 g/mol. The van der Waals surface area contributed by atoms with Crippen LogP contribution in [0.3, 0.4) is 0 Å². The first-order chi connectivity index (χ1) is 10.3. The number of urea groups is 1. The molecule has 1 heterocycles. The van der Waals surface area contributed by atoms with Gasteiger partial charge < -0.3 is 10.2 Å². The normalized spacial score (nSPS) is 12.3. The predicted molar refractivity (Wildman–Crippen MR) is 92.5 cm³/mol. The summed E-state index contributed by atoms with van der Waals surface area (Å²) in [6.07, 6.45) is 1.02. The zero-order valence-electron chi connectivity index (χ0n) is 14.3. The molecule has 1 atom stereocenters. The summed E-state index contributed by atoms with van der Waals surface area (Å²) in [6.45, 7) is 8.79. The molecule has 2 amide bonds. The number of carbonyl (C=O) groups excluding carboxylic acids is 1. The molecule has 1 rings (SSSR count). The maximum atomic E-state index is 12.1. The van der Waals surface area contributed by atoms with E-state index >= 15 is 0 Å². The zero-order chi connectivity index (χ0) is 16.9. The van der Waals surface area contributed by atoms with E-state index in [0.29, 0.717) is 29.1 Å². The van der Waals surface area contributed by atoms with E-state index < -0.39 is 0 Å². The maximum absolute atomic E-state index is 12.1. The van der Waals surface area contributed by atoms with Gasteiger partial charge in [-0.15, -0.1) is 11.3 Å². The summed E-state index contributed by atoms with van der Waals surface area (Å²) in [5, 5.41) is 15.5. The Morgan fingerprint density at radius 3 is 2.50 bits per heavy atom. The van der Waals surface area contributed by atoms with Crippen LogP contribution >= 0.6 is 11.3 Å². The number of aryl methyl sites for hydroxylation is 1. The number of anilines is 1. The van der Waals surface area contributed by atoms with E-state index in [9.17, 15) is 10.1 Å². The molecule has 0 saturated heterocycles. The topological polar surface area (TPSA) is 68.2 Å². The van der Waals surface area contributed by atoms with Gasteiger partial charge in [-0.25, -0.2) is 4.79 Å². The first-order valence-electron chi connectivity index (χ1n) is 7.47. The standard InChI is InChI=1S/C16H26N4OS/c1-10(2)7-13(20(5)6)9-18-16(21)19-15-14(8-17)11(3)12(4)22-15/h10,13H,7,9H2,1-6H3,(H2,18,19,21)/t13-/m0/s1. The third-order valence-corrected chi connectivity index (χ3v) is 4.82. The summed E-state index contributed by atoms with van der Waals surface area (Å²) in [4.78, 5) is 15.2. The van der Waals surface area contributed by atoms with Gasteiger partial charge in [0.15, 0.2) is 0 Å². The predicted octanol–water partition coefficient (Wildman–Crippen LogP) is 3.33. The highest BCUT2D eigenvalue weighted by atomic mass is 32.1. The number of nitrogens with one attached hydrogen (secondary N) is 2. The molecule has 122 valence electrons. The zero-order valence-corrected chi connectivity index (χ0v) is 15.1. The highest BCUT2D eigenvalue weighted by Crippen LogP contribution is 2.31. The molecule has 0 fully saturated rings. The molecule has 5 nitrogen and oxygen atoms in total. The van der Waals surface area contributed by atoms with Gasteiger partial charge in [0.2, 0.25) is 0 Å². The van der Waals surface area contributed by atoms with E-state index in [1.54, 1.807) is 0 Å². The lowest BCUT2D eigenvalue weighted by molar-refractivity contribution is 0.231. The van der Waals surface area contributed by atoms with Gasteiger partial charge in [-0.2, -0.15) is 5.26 Å². The third-order valence-electron chi connectivity index (χ3n) is 3.70. The average molecular weight is 322 g/mol. The van der Waals surface area contributed by atoms with Gasteiger partial charge in [-0.3, -0.25) is 5.32 Å². The lowest BCUT2D eigenvalue weighted by Crippen LogP contribution is -2.42. The molecule has 2 N–H and O–H groups in total. The molecule has 0 saturated carbocycles. The van der Waals surface area contributed by atoms with Crippen LogP contribution in [-0.2, 0) is 0 Å². The van der Waals surface area contributed by atoms with Crippen molar-refractivity contribution in [2.45, 2.75) is 40.2 Å². The number of rotatable bonds is 6. The first-order valence-corrected chi connectivity index (χ1v) is 8.29. The number of hydrogen-bond donors (Lipinski definition) is 2. The van der Waals surface area contributed by atoms with Crippen LogP contribution in [0.5, 0.6) is 0 Å². The van der Waals surface area contributed by atoms with E-state index in [2.05, 4.69) is 35.5 Å². The Hall–Kier alpha value is -1.58. The summed E-state index contributed by atoms with van der Waals surface area (Å²) in [5.41, 5.74) is 1.50. The molecule has 6 heteroatoms. The van der Waals surface area contributed by atoms with E-state index in [0.717, 1.165) is 16.9 Å². The lowest BCUT2D eigenvalue weighted by atomic mass is 10.0. The van der Waals surface area contributed by atoms with Crippen LogP contribution in [0.1, 0.15) is 36.3 Å². The minimum Gasteiger partial charge on any atom is -0.336 e. The molecule has 0 bridgehead atoms. The Kier molecular flexibility index (Phi) is 6.85. The van der Waals surface area contributed by atoms with Crippen molar-refractivity contribution in [3.8, 4) is 6.07 Å². The second-order valence-electron chi connectivity index (χ2n) is 6.18.